The van der Waals surface area contributed by atoms with Gasteiger partial charge in [0.05, 0.1) is 10.8 Å². The monoisotopic (exact) mass is 309 g/mol. The van der Waals surface area contributed by atoms with Gasteiger partial charge in [-0.1, -0.05) is 47.1 Å². The van der Waals surface area contributed by atoms with Crippen LogP contribution in [0.1, 0.15) is 29.9 Å². The second-order valence-electron chi connectivity index (χ2n) is 5.39. The summed E-state index contributed by atoms with van der Waals surface area (Å²) in [5, 5.41) is 14.7. The first-order valence-electron chi connectivity index (χ1n) is 7.19. The van der Waals surface area contributed by atoms with Crippen LogP contribution in [0.2, 0.25) is 0 Å². The normalized spacial score (nSPS) is 12.1. The lowest BCUT2D eigenvalue weighted by molar-refractivity contribution is -0.384. The Morgan fingerprint density at radius 3 is 2.35 bits per heavy atom. The summed E-state index contributed by atoms with van der Waals surface area (Å²) in [6, 6.07) is 14.2. The van der Waals surface area contributed by atoms with Crippen LogP contribution < -0.4 is 0 Å². The summed E-state index contributed by atoms with van der Waals surface area (Å²) in [4.78, 5) is 14.7. The number of nitrogens with zero attached hydrogens (tertiary/aromatic N) is 3. The number of rotatable bonds is 4. The Hall–Kier alpha value is -3.02. The first-order valence-corrected chi connectivity index (χ1v) is 7.19. The molecule has 0 aliphatic carbocycles. The third-order valence-electron chi connectivity index (χ3n) is 3.73. The van der Waals surface area contributed by atoms with Gasteiger partial charge < -0.3 is 4.52 Å². The molecule has 0 fully saturated rings. The predicted octanol–water partition coefficient (Wildman–Crippen LogP) is 4.11. The highest BCUT2D eigenvalue weighted by Crippen LogP contribution is 2.26. The van der Waals surface area contributed by atoms with Crippen LogP contribution in [-0.2, 0) is 0 Å². The number of aromatic nitrogens is 2. The van der Waals surface area contributed by atoms with E-state index in [4.69, 9.17) is 4.52 Å². The van der Waals surface area contributed by atoms with E-state index < -0.39 is 4.92 Å². The Bertz CT molecular complexity index is 823. The largest absolute Gasteiger partial charge is 0.338 e. The molecule has 0 radical (unpaired) electrons. The molecule has 0 N–H and O–H groups in total. The molecule has 0 unspecified atom stereocenters. The van der Waals surface area contributed by atoms with E-state index >= 15 is 0 Å². The third kappa shape index (κ3) is 3.11. The quantitative estimate of drug-likeness (QED) is 0.535. The van der Waals surface area contributed by atoms with Gasteiger partial charge in [-0.25, -0.2) is 0 Å². The number of hydrogen-bond donors (Lipinski definition) is 0. The van der Waals surface area contributed by atoms with Gasteiger partial charge in [0.2, 0.25) is 11.7 Å². The summed E-state index contributed by atoms with van der Waals surface area (Å²) in [7, 11) is 0. The molecule has 6 nitrogen and oxygen atoms in total. The van der Waals surface area contributed by atoms with Gasteiger partial charge in [-0.3, -0.25) is 10.1 Å². The van der Waals surface area contributed by atoms with Crippen LogP contribution >= 0.6 is 0 Å². The Morgan fingerprint density at radius 1 is 1.09 bits per heavy atom. The fourth-order valence-electron chi connectivity index (χ4n) is 2.26. The van der Waals surface area contributed by atoms with E-state index in [9.17, 15) is 10.1 Å². The highest BCUT2D eigenvalue weighted by molar-refractivity contribution is 5.54. The summed E-state index contributed by atoms with van der Waals surface area (Å²) in [5.74, 6) is 0.880. The molecule has 0 bridgehead atoms. The maximum atomic E-state index is 10.7. The number of hydrogen-bond acceptors (Lipinski definition) is 5. The maximum absolute atomic E-state index is 10.7. The van der Waals surface area contributed by atoms with E-state index in [1.165, 1.54) is 12.1 Å². The topological polar surface area (TPSA) is 82.1 Å². The van der Waals surface area contributed by atoms with Crippen molar-refractivity contribution in [2.45, 2.75) is 19.8 Å². The van der Waals surface area contributed by atoms with Crippen molar-refractivity contribution in [1.82, 2.24) is 10.1 Å². The van der Waals surface area contributed by atoms with Gasteiger partial charge in [0.25, 0.3) is 5.69 Å². The number of benzene rings is 2. The summed E-state index contributed by atoms with van der Waals surface area (Å²) < 4.78 is 5.35. The Morgan fingerprint density at radius 2 is 1.74 bits per heavy atom. The van der Waals surface area contributed by atoms with Crippen LogP contribution in [0.5, 0.6) is 0 Å². The molecule has 0 saturated carbocycles. The molecule has 0 amide bonds. The van der Waals surface area contributed by atoms with Crippen molar-refractivity contribution < 1.29 is 9.45 Å². The van der Waals surface area contributed by atoms with Crippen LogP contribution in [0.25, 0.3) is 11.4 Å². The second kappa shape index (κ2) is 6.00. The van der Waals surface area contributed by atoms with Gasteiger partial charge in [-0.15, -0.1) is 0 Å². The number of aryl methyl sites for hydroxylation is 1. The van der Waals surface area contributed by atoms with E-state index in [-0.39, 0.29) is 11.6 Å². The van der Waals surface area contributed by atoms with Crippen molar-refractivity contribution in [3.8, 4) is 11.4 Å². The third-order valence-corrected chi connectivity index (χ3v) is 3.73. The molecule has 0 aliphatic rings. The molecule has 0 aliphatic heterocycles. The molecule has 2 aromatic carbocycles. The molecule has 23 heavy (non-hydrogen) atoms. The van der Waals surface area contributed by atoms with Crippen molar-refractivity contribution in [3.05, 3.63) is 75.7 Å². The molecule has 6 heteroatoms. The molecule has 1 aromatic heterocycles. The van der Waals surface area contributed by atoms with Crippen LogP contribution in [0.4, 0.5) is 5.69 Å². The van der Waals surface area contributed by atoms with E-state index in [1.807, 2.05) is 38.1 Å². The zero-order valence-electron chi connectivity index (χ0n) is 12.8. The highest BCUT2D eigenvalue weighted by Gasteiger charge is 2.18. The van der Waals surface area contributed by atoms with Crippen LogP contribution in [0, 0.1) is 17.0 Å². The molecular formula is C17H15N3O3. The summed E-state index contributed by atoms with van der Waals surface area (Å²) >= 11 is 0. The van der Waals surface area contributed by atoms with Crippen LogP contribution in [-0.4, -0.2) is 15.1 Å². The molecule has 1 heterocycles. The number of nitro groups is 1. The van der Waals surface area contributed by atoms with E-state index in [0.717, 1.165) is 16.7 Å². The average molecular weight is 309 g/mol. The van der Waals surface area contributed by atoms with Crippen LogP contribution in [0.15, 0.2) is 53.1 Å². The minimum Gasteiger partial charge on any atom is -0.338 e. The highest BCUT2D eigenvalue weighted by atomic mass is 16.6. The second-order valence-corrected chi connectivity index (χ2v) is 5.39. The molecule has 116 valence electrons. The summed E-state index contributed by atoms with van der Waals surface area (Å²) in [5.41, 5.74) is 3.00. The molecule has 0 spiro atoms. The Labute approximate surface area is 132 Å². The number of non-ortho nitro benzene ring substituents is 1. The molecular weight excluding hydrogens is 294 g/mol. The smallest absolute Gasteiger partial charge is 0.269 e. The van der Waals surface area contributed by atoms with Gasteiger partial charge in [0, 0.05) is 17.7 Å². The lowest BCUT2D eigenvalue weighted by atomic mass is 10.0. The molecule has 0 saturated heterocycles. The Balaban J connectivity index is 1.84. The van der Waals surface area contributed by atoms with Gasteiger partial charge in [0.1, 0.15) is 0 Å². The van der Waals surface area contributed by atoms with Gasteiger partial charge in [-0.05, 0) is 19.4 Å². The lowest BCUT2D eigenvalue weighted by Crippen LogP contribution is -1.97. The SMILES string of the molecule is Cc1ccc(-c2noc([C@H](C)c3ccc([N+](=O)[O-])cc3)n2)cc1. The standard InChI is InChI=1S/C17H15N3O3/c1-11-3-5-14(6-4-11)16-18-17(23-19-16)12(2)13-7-9-15(10-8-13)20(21)22/h3-10,12H,1-2H3/t12-/m1/s1. The lowest BCUT2D eigenvalue weighted by Gasteiger charge is -2.05. The molecule has 3 rings (SSSR count). The first kappa shape index (κ1) is 14.9. The average Bonchev–Trinajstić information content (AvgIpc) is 3.05. The van der Waals surface area contributed by atoms with E-state index in [1.54, 1.807) is 12.1 Å². The van der Waals surface area contributed by atoms with Crippen molar-refractivity contribution in [2.75, 3.05) is 0 Å². The summed E-state index contributed by atoms with van der Waals surface area (Å²) in [6.45, 7) is 3.94. The van der Waals surface area contributed by atoms with E-state index in [0.29, 0.717) is 11.7 Å². The fraction of sp³-hybridized carbons (Fsp3) is 0.176. The minimum atomic E-state index is -0.420. The van der Waals surface area contributed by atoms with Gasteiger partial charge in [0.15, 0.2) is 0 Å². The van der Waals surface area contributed by atoms with Gasteiger partial charge in [-0.2, -0.15) is 4.98 Å². The van der Waals surface area contributed by atoms with Crippen molar-refractivity contribution in [2.24, 2.45) is 0 Å². The zero-order chi connectivity index (χ0) is 16.4. The van der Waals surface area contributed by atoms with Crippen molar-refractivity contribution in [1.29, 1.82) is 0 Å². The zero-order valence-corrected chi connectivity index (χ0v) is 12.8. The predicted molar refractivity (Wildman–Crippen MR) is 85.1 cm³/mol. The van der Waals surface area contributed by atoms with E-state index in [2.05, 4.69) is 10.1 Å². The van der Waals surface area contributed by atoms with Crippen molar-refractivity contribution in [3.63, 3.8) is 0 Å². The molecule has 1 atom stereocenters. The summed E-state index contributed by atoms with van der Waals surface area (Å²) in [6.07, 6.45) is 0. The number of nitro benzene ring substituents is 1. The minimum absolute atomic E-state index is 0.0619. The van der Waals surface area contributed by atoms with Crippen molar-refractivity contribution >= 4 is 5.69 Å². The van der Waals surface area contributed by atoms with Gasteiger partial charge >= 0.3 is 0 Å². The maximum Gasteiger partial charge on any atom is 0.269 e. The first-order chi connectivity index (χ1) is 11.0. The Kier molecular flexibility index (Phi) is 3.89. The molecule has 3 aromatic rings. The van der Waals surface area contributed by atoms with Crippen LogP contribution in [0.3, 0.4) is 0 Å². The fourth-order valence-corrected chi connectivity index (χ4v) is 2.26.